The fourth-order valence-electron chi connectivity index (χ4n) is 4.76. The lowest BCUT2D eigenvalue weighted by Crippen LogP contribution is -2.32. The minimum absolute atomic E-state index is 0.287. The maximum absolute atomic E-state index is 11.7. The predicted octanol–water partition coefficient (Wildman–Crippen LogP) is 9.66. The van der Waals surface area contributed by atoms with Gasteiger partial charge in [0.1, 0.15) is 29.5 Å². The monoisotopic (exact) mass is 779 g/mol. The molecule has 0 bridgehead atoms. The zero-order valence-electron chi connectivity index (χ0n) is 28.1. The van der Waals surface area contributed by atoms with Gasteiger partial charge in [0.2, 0.25) is 0 Å². The molecule has 0 saturated carbocycles. The van der Waals surface area contributed by atoms with Gasteiger partial charge in [0.15, 0.2) is 0 Å². The molecular weight excluding hydrogens is 735 g/mol. The second-order valence-electron chi connectivity index (χ2n) is 9.48. The molecule has 5 rings (SSSR count). The Morgan fingerprint density at radius 2 is 0.979 bits per heavy atom. The average Bonchev–Trinajstić information content (AvgIpc) is 3.17. The number of ether oxygens (including phenoxy) is 2. The molecule has 7 heteroatoms. The second kappa shape index (κ2) is 24.7. The van der Waals surface area contributed by atoms with Gasteiger partial charge in [-0.15, -0.1) is 0 Å². The highest BCUT2D eigenvalue weighted by atomic mass is 79.9. The van der Waals surface area contributed by atoms with Crippen molar-refractivity contribution in [1.82, 2.24) is 0 Å². The summed E-state index contributed by atoms with van der Waals surface area (Å²) in [6, 6.07) is 47.6. The number of hydrogen-bond donors (Lipinski definition) is 0. The number of aldehydes is 1. The Hall–Kier alpha value is -3.41. The van der Waals surface area contributed by atoms with Crippen LogP contribution in [-0.4, -0.2) is 39.4 Å². The molecule has 0 heterocycles. The predicted molar refractivity (Wildman–Crippen MR) is 210 cm³/mol. The molecule has 47 heavy (non-hydrogen) atoms. The molecule has 0 amide bonds. The van der Waals surface area contributed by atoms with Crippen LogP contribution in [0.2, 0.25) is 0 Å². The summed E-state index contributed by atoms with van der Waals surface area (Å²) in [5.41, 5.74) is 3.44. The minimum Gasteiger partial charge on any atom is -0.465 e. The van der Waals surface area contributed by atoms with Gasteiger partial charge in [0.25, 0.3) is 0 Å². The molecule has 0 aliphatic heterocycles. The van der Waals surface area contributed by atoms with Crippen molar-refractivity contribution in [3.63, 3.8) is 0 Å². The smallest absolute Gasteiger partial charge is 0.338 e. The van der Waals surface area contributed by atoms with Gasteiger partial charge in [-0.3, -0.25) is 4.79 Å². The van der Waals surface area contributed by atoms with Crippen LogP contribution in [0.5, 0.6) is 0 Å². The Morgan fingerprint density at radius 1 is 0.617 bits per heavy atom. The van der Waals surface area contributed by atoms with Crippen LogP contribution in [0.3, 0.4) is 0 Å². The fourth-order valence-corrected chi connectivity index (χ4v) is 9.54. The van der Waals surface area contributed by atoms with Crippen LogP contribution < -0.4 is 15.9 Å². The summed E-state index contributed by atoms with van der Waals surface area (Å²) in [5.74, 6) is 1.53. The largest absolute Gasteiger partial charge is 0.465 e. The number of benzene rings is 5. The van der Waals surface area contributed by atoms with E-state index in [0.29, 0.717) is 10.9 Å². The zero-order valence-corrected chi connectivity index (χ0v) is 32.2. The number of hydrogen-bond acceptors (Lipinski definition) is 4. The van der Waals surface area contributed by atoms with Gasteiger partial charge in [-0.25, -0.2) is 4.79 Å². The van der Waals surface area contributed by atoms with E-state index in [0.717, 1.165) is 29.1 Å². The summed E-state index contributed by atoms with van der Waals surface area (Å²) >= 11 is 6.24. The lowest BCUT2D eigenvalue weighted by Gasteiger charge is -2.28. The Bertz CT molecular complexity index is 1450. The molecule has 0 unspecified atom stereocenters. The first-order chi connectivity index (χ1) is 23.0. The van der Waals surface area contributed by atoms with Crippen molar-refractivity contribution in [2.45, 2.75) is 25.3 Å². The molecule has 0 atom stereocenters. The summed E-state index contributed by atoms with van der Waals surface area (Å²) in [7, 11) is 2.66. The van der Waals surface area contributed by atoms with E-state index in [4.69, 9.17) is 0 Å². The first kappa shape index (κ1) is 41.6. The third-order valence-corrected chi connectivity index (χ3v) is 11.7. The number of halogens is 2. The zero-order chi connectivity index (χ0) is 34.9. The van der Waals surface area contributed by atoms with Crippen molar-refractivity contribution in [3.8, 4) is 0 Å². The third-order valence-electron chi connectivity index (χ3n) is 6.75. The Balaban J connectivity index is 0.000000485. The lowest BCUT2D eigenvalue weighted by molar-refractivity contribution is 0.0599. The quantitative estimate of drug-likeness (QED) is 0.0682. The van der Waals surface area contributed by atoms with Crippen LogP contribution in [0.1, 0.15) is 45.7 Å². The second-order valence-corrected chi connectivity index (χ2v) is 13.5. The maximum atomic E-state index is 11.7. The van der Waals surface area contributed by atoms with E-state index in [9.17, 15) is 9.59 Å². The molecule has 0 aliphatic rings. The van der Waals surface area contributed by atoms with E-state index in [1.165, 1.54) is 23.0 Å². The highest BCUT2D eigenvalue weighted by molar-refractivity contribution is 9.09. The Labute approximate surface area is 299 Å². The summed E-state index contributed by atoms with van der Waals surface area (Å²) in [5, 5.41) is 4.65. The summed E-state index contributed by atoms with van der Waals surface area (Å²) in [6.45, 7) is 4.00. The Morgan fingerprint density at radius 3 is 1.36 bits per heavy atom. The highest BCUT2D eigenvalue weighted by Crippen LogP contribution is 2.58. The van der Waals surface area contributed by atoms with Gasteiger partial charge in [0.05, 0.1) is 18.8 Å². The molecule has 0 fully saturated rings. The standard InChI is InChI=1S/C26H22OP.C9H9BrO2.C2H6O.C2H6.CH3Br/c27-20-22-12-10-11-13-23(22)21-28(24-14-4-1-5-15-24,25-16-6-2-7-17-25)26-18-8-3-9-19-26;1-12-9(11)8-5-3-2-4-7(8)6-10;1-3-2;2*1-2/h1-20H,21H2;2-5H,6H2,1H3;1-2H3;1-2H3;1H3/q+1;;;;. The topological polar surface area (TPSA) is 52.6 Å². The van der Waals surface area contributed by atoms with Crippen LogP contribution in [0, 0.1) is 0 Å². The number of rotatable bonds is 8. The summed E-state index contributed by atoms with van der Waals surface area (Å²) in [4.78, 5) is 22.9. The number of esters is 1. The van der Waals surface area contributed by atoms with Gasteiger partial charge in [0, 0.05) is 30.7 Å². The van der Waals surface area contributed by atoms with Gasteiger partial charge < -0.3 is 9.47 Å². The van der Waals surface area contributed by atoms with Crippen molar-refractivity contribution in [2.24, 2.45) is 0 Å². The molecule has 5 aromatic carbocycles. The van der Waals surface area contributed by atoms with Crippen molar-refractivity contribution >= 4 is 67.3 Å². The fraction of sp³-hybridized carbons (Fsp3) is 0.200. The average molecular weight is 782 g/mol. The first-order valence-electron chi connectivity index (χ1n) is 15.1. The number of alkyl halides is 2. The van der Waals surface area contributed by atoms with E-state index in [-0.39, 0.29) is 5.97 Å². The van der Waals surface area contributed by atoms with Crippen molar-refractivity contribution in [3.05, 3.63) is 162 Å². The molecule has 0 aliphatic carbocycles. The summed E-state index contributed by atoms with van der Waals surface area (Å²) in [6.07, 6.45) is 1.80. The molecule has 0 N–H and O–H groups in total. The van der Waals surface area contributed by atoms with E-state index >= 15 is 0 Å². The molecule has 4 nitrogen and oxygen atoms in total. The number of carbonyl (C=O) groups excluding carboxylic acids is 2. The normalized spacial score (nSPS) is 9.70. The van der Waals surface area contributed by atoms with Crippen LogP contribution in [-0.2, 0) is 21.0 Å². The van der Waals surface area contributed by atoms with Gasteiger partial charge >= 0.3 is 5.97 Å². The maximum Gasteiger partial charge on any atom is 0.338 e. The first-order valence-corrected chi connectivity index (χ1v) is 19.8. The minimum atomic E-state index is -1.97. The van der Waals surface area contributed by atoms with Crippen LogP contribution >= 0.6 is 39.1 Å². The molecular formula is C40H46Br2O4P+. The number of methoxy groups -OCH3 is 2. The van der Waals surface area contributed by atoms with E-state index in [1.807, 2.05) is 56.1 Å². The molecule has 0 spiro atoms. The van der Waals surface area contributed by atoms with Crippen molar-refractivity contribution < 1.29 is 19.1 Å². The van der Waals surface area contributed by atoms with Gasteiger partial charge in [-0.2, -0.15) is 0 Å². The molecule has 0 aromatic heterocycles. The third kappa shape index (κ3) is 12.3. The lowest BCUT2D eigenvalue weighted by atomic mass is 10.1. The summed E-state index contributed by atoms with van der Waals surface area (Å²) < 4.78 is 8.87. The van der Waals surface area contributed by atoms with Crippen molar-refractivity contribution in [1.29, 1.82) is 0 Å². The van der Waals surface area contributed by atoms with E-state index in [1.54, 1.807) is 20.3 Å². The highest BCUT2D eigenvalue weighted by Gasteiger charge is 2.45. The van der Waals surface area contributed by atoms with Gasteiger partial charge in [-0.05, 0) is 53.9 Å². The molecule has 0 radical (unpaired) electrons. The molecule has 5 aromatic rings. The van der Waals surface area contributed by atoms with Crippen LogP contribution in [0.25, 0.3) is 0 Å². The Kier molecular flexibility index (Phi) is 21.9. The van der Waals surface area contributed by atoms with Crippen LogP contribution in [0.4, 0.5) is 0 Å². The van der Waals surface area contributed by atoms with Gasteiger partial charge in [-0.1, -0.05) is 143 Å². The van der Waals surface area contributed by atoms with Crippen molar-refractivity contribution in [2.75, 3.05) is 27.2 Å². The molecule has 248 valence electrons. The number of carbonyl (C=O) groups is 2. The van der Waals surface area contributed by atoms with Crippen LogP contribution in [0.15, 0.2) is 140 Å². The molecule has 0 saturated heterocycles. The SMILES string of the molecule is CBr.CC.COC.COC(=O)c1ccccc1CBr.O=Cc1ccccc1C[P+](c1ccccc1)(c1ccccc1)c1ccccc1. The van der Waals surface area contributed by atoms with E-state index < -0.39 is 7.26 Å². The van der Waals surface area contributed by atoms with E-state index in [2.05, 4.69) is 138 Å².